The quantitative estimate of drug-likeness (QED) is 0.178. The first-order valence-corrected chi connectivity index (χ1v) is 7.98. The Morgan fingerprint density at radius 1 is 1.30 bits per heavy atom. The Bertz CT molecular complexity index is 362. The minimum atomic E-state index is -0.917. The maximum Gasteiger partial charge on any atom is 1.00 e. The first-order valence-electron chi connectivity index (χ1n) is 7.98. The molecule has 128 valence electrons. The molecule has 0 aromatic rings. The van der Waals surface area contributed by atoms with Crippen molar-refractivity contribution >= 4 is 11.9 Å². The van der Waals surface area contributed by atoms with E-state index in [-0.39, 0.29) is 37.9 Å². The molecule has 0 heterocycles. The van der Waals surface area contributed by atoms with Gasteiger partial charge < -0.3 is 15.3 Å². The summed E-state index contributed by atoms with van der Waals surface area (Å²) in [6, 6.07) is -0.651. The Kier molecular flexibility index (Phi) is 17.1. The molecule has 0 bridgehead atoms. The number of rotatable bonds is 13. The van der Waals surface area contributed by atoms with Crippen molar-refractivity contribution < 1.29 is 39.0 Å². The second kappa shape index (κ2) is 16.1. The fourth-order valence-electron chi connectivity index (χ4n) is 1.97. The zero-order valence-electron chi connectivity index (χ0n) is 14.7. The minimum absolute atomic E-state index is 0. The molecule has 1 atom stereocenters. The van der Waals surface area contributed by atoms with Gasteiger partial charge in [-0.1, -0.05) is 31.9 Å². The van der Waals surface area contributed by atoms with Crippen LogP contribution in [0.3, 0.4) is 0 Å². The van der Waals surface area contributed by atoms with Gasteiger partial charge in [0.15, 0.2) is 0 Å². The number of carbonyl (C=O) groups is 1. The Balaban J connectivity index is 0. The van der Waals surface area contributed by atoms with Crippen LogP contribution in [0.1, 0.15) is 46.0 Å². The van der Waals surface area contributed by atoms with Crippen molar-refractivity contribution in [2.75, 3.05) is 26.2 Å². The number of unbranched alkanes of at least 4 members (excludes halogenated alkanes) is 3. The van der Waals surface area contributed by atoms with Crippen molar-refractivity contribution in [1.29, 1.82) is 0 Å². The molecule has 6 nitrogen and oxygen atoms in total. The molecule has 1 unspecified atom stereocenters. The largest absolute Gasteiger partial charge is 1.00 e. The van der Waals surface area contributed by atoms with E-state index in [9.17, 15) is 9.90 Å². The number of aliphatic hydroxyl groups excluding tert-OH is 1. The number of allylic oxidation sites excluding steroid dienone is 1. The van der Waals surface area contributed by atoms with Gasteiger partial charge >= 0.3 is 24.8 Å². The predicted octanol–water partition coefficient (Wildman–Crippen LogP) is -1.96. The number of carboxylic acid groups (broad SMARTS) is 1. The summed E-state index contributed by atoms with van der Waals surface area (Å²) in [7, 11) is 0. The molecule has 0 aliphatic rings. The van der Waals surface area contributed by atoms with Gasteiger partial charge in [0.1, 0.15) is 6.04 Å². The number of hydrogen-bond acceptors (Lipinski definition) is 5. The molecule has 2 N–H and O–H groups in total. The summed E-state index contributed by atoms with van der Waals surface area (Å²) < 4.78 is 0. The van der Waals surface area contributed by atoms with Crippen LogP contribution in [0.4, 0.5) is 0 Å². The van der Waals surface area contributed by atoms with E-state index < -0.39 is 12.0 Å². The Hall–Kier alpha value is -0.803. The van der Waals surface area contributed by atoms with Gasteiger partial charge in [-0.15, -0.1) is 0 Å². The molecule has 0 aromatic heterocycles. The number of aliphatic hydroxyl groups is 1. The van der Waals surface area contributed by atoms with E-state index >= 15 is 0 Å². The van der Waals surface area contributed by atoms with Gasteiger partial charge in [-0.05, 0) is 32.1 Å². The Morgan fingerprint density at radius 3 is 2.57 bits per heavy atom. The predicted molar refractivity (Wildman–Crippen MR) is 86.0 cm³/mol. The second-order valence-corrected chi connectivity index (χ2v) is 5.25. The van der Waals surface area contributed by atoms with E-state index in [1.54, 1.807) is 11.8 Å². The fraction of sp³-hybridized carbons (Fsp3) is 0.750. The number of aliphatic carboxylic acids is 1. The molecule has 0 aliphatic heterocycles. The fourth-order valence-corrected chi connectivity index (χ4v) is 1.97. The molecule has 0 amide bonds. The standard InChI is InChI=1S/C16H30N2O4.Li/c1-3-4-5-6-7-9-15(20)17-10-12-18(11-8-13-19)14(2)16(21)22;/h7,9,14,19H,3-6,8,10-13H2,1-2H3,(H,17,20)(H,21,22);/q;+1/p-1/b9-7+;. The molecular formula is C16H29LiN2O4. The summed E-state index contributed by atoms with van der Waals surface area (Å²) in [5.74, 6) is -1.19. The third-order valence-electron chi connectivity index (χ3n) is 3.40. The maximum atomic E-state index is 11.5. The van der Waals surface area contributed by atoms with Crippen molar-refractivity contribution in [3.63, 3.8) is 0 Å². The third-order valence-corrected chi connectivity index (χ3v) is 3.40. The molecule has 0 radical (unpaired) electrons. The van der Waals surface area contributed by atoms with Gasteiger partial charge in [0, 0.05) is 19.7 Å². The van der Waals surface area contributed by atoms with Crippen molar-refractivity contribution in [3.8, 4) is 0 Å². The normalized spacial score (nSPS) is 13.3. The van der Waals surface area contributed by atoms with Crippen LogP contribution < -0.4 is 24.0 Å². The SMILES string of the molecule is CCCCC/C=C/C([O-])=NCCN(CCCO)C(C)C(=O)O.[Li+]. The van der Waals surface area contributed by atoms with Gasteiger partial charge in [-0.2, -0.15) is 0 Å². The zero-order chi connectivity index (χ0) is 16.8. The Morgan fingerprint density at radius 2 is 2.00 bits per heavy atom. The maximum absolute atomic E-state index is 11.5. The van der Waals surface area contributed by atoms with Crippen molar-refractivity contribution in [2.45, 2.75) is 52.0 Å². The van der Waals surface area contributed by atoms with Crippen LogP contribution in [0.15, 0.2) is 17.1 Å². The van der Waals surface area contributed by atoms with Crippen LogP contribution in [0.25, 0.3) is 0 Å². The van der Waals surface area contributed by atoms with Crippen LogP contribution in [0.2, 0.25) is 0 Å². The molecule has 0 spiro atoms. The second-order valence-electron chi connectivity index (χ2n) is 5.25. The molecular weight excluding hydrogens is 291 g/mol. The van der Waals surface area contributed by atoms with Crippen LogP contribution in [0.5, 0.6) is 0 Å². The van der Waals surface area contributed by atoms with E-state index in [2.05, 4.69) is 11.9 Å². The first-order chi connectivity index (χ1) is 10.5. The smallest absolute Gasteiger partial charge is 0.859 e. The third kappa shape index (κ3) is 13.3. The van der Waals surface area contributed by atoms with Gasteiger partial charge in [0.2, 0.25) is 0 Å². The summed E-state index contributed by atoms with van der Waals surface area (Å²) in [6.45, 7) is 4.87. The summed E-state index contributed by atoms with van der Waals surface area (Å²) >= 11 is 0. The van der Waals surface area contributed by atoms with E-state index in [1.165, 1.54) is 6.08 Å². The van der Waals surface area contributed by atoms with E-state index in [0.717, 1.165) is 25.7 Å². The number of nitrogens with zero attached hydrogens (tertiary/aromatic N) is 2. The molecule has 0 fully saturated rings. The number of carboxylic acids is 1. The summed E-state index contributed by atoms with van der Waals surface area (Å²) in [5, 5.41) is 29.4. The molecule has 7 heteroatoms. The van der Waals surface area contributed by atoms with Crippen LogP contribution in [-0.4, -0.2) is 59.3 Å². The molecule has 0 aliphatic carbocycles. The summed E-state index contributed by atoms with van der Waals surface area (Å²) in [6.07, 6.45) is 8.08. The van der Waals surface area contributed by atoms with Gasteiger partial charge in [-0.25, -0.2) is 0 Å². The molecule has 0 saturated heterocycles. The zero-order valence-corrected chi connectivity index (χ0v) is 14.7. The van der Waals surface area contributed by atoms with Crippen LogP contribution >= 0.6 is 0 Å². The van der Waals surface area contributed by atoms with Crippen molar-refractivity contribution in [2.24, 2.45) is 4.99 Å². The van der Waals surface area contributed by atoms with E-state index in [0.29, 0.717) is 19.5 Å². The molecule has 0 saturated carbocycles. The average molecular weight is 320 g/mol. The van der Waals surface area contributed by atoms with Gasteiger partial charge in [0.05, 0.1) is 6.54 Å². The van der Waals surface area contributed by atoms with Crippen molar-refractivity contribution in [1.82, 2.24) is 4.90 Å². The molecule has 23 heavy (non-hydrogen) atoms. The monoisotopic (exact) mass is 320 g/mol. The van der Waals surface area contributed by atoms with Gasteiger partial charge in [0.25, 0.3) is 0 Å². The minimum Gasteiger partial charge on any atom is -0.859 e. The topological polar surface area (TPSA) is 96.2 Å². The molecule has 0 aromatic carbocycles. The van der Waals surface area contributed by atoms with Crippen molar-refractivity contribution in [3.05, 3.63) is 12.2 Å². The number of hydrogen-bond donors (Lipinski definition) is 2. The summed E-state index contributed by atoms with van der Waals surface area (Å²) in [4.78, 5) is 16.6. The van der Waals surface area contributed by atoms with E-state index in [1.807, 2.05) is 6.08 Å². The van der Waals surface area contributed by atoms with Crippen LogP contribution in [0, 0.1) is 0 Å². The van der Waals surface area contributed by atoms with E-state index in [4.69, 9.17) is 10.2 Å². The molecule has 0 rings (SSSR count). The number of aliphatic imine (C=N–C) groups is 1. The van der Waals surface area contributed by atoms with Gasteiger partial charge in [-0.3, -0.25) is 14.7 Å². The summed E-state index contributed by atoms with van der Waals surface area (Å²) in [5.41, 5.74) is 0. The first kappa shape index (κ1) is 24.4. The Labute approximate surface area is 151 Å². The van der Waals surface area contributed by atoms with Crippen LogP contribution in [-0.2, 0) is 4.79 Å². The average Bonchev–Trinajstić information content (AvgIpc) is 2.49.